The van der Waals surface area contributed by atoms with E-state index in [1.54, 1.807) is 4.90 Å². The Bertz CT molecular complexity index is 1060. The molecule has 5 nitrogen and oxygen atoms in total. The third-order valence-corrected chi connectivity index (χ3v) is 7.39. The Balaban J connectivity index is 1.18. The summed E-state index contributed by atoms with van der Waals surface area (Å²) in [5.74, 6) is 0.526. The molecule has 2 fully saturated rings. The number of hydrogen-bond acceptors (Lipinski definition) is 4. The topological polar surface area (TPSA) is 48.5 Å². The van der Waals surface area contributed by atoms with Crippen LogP contribution in [0.4, 0.5) is 37.7 Å². The molecule has 0 unspecified atom stereocenters. The predicted octanol–water partition coefficient (Wildman–Crippen LogP) is 6.61. The van der Waals surface area contributed by atoms with Crippen LogP contribution < -0.4 is 10.2 Å². The lowest BCUT2D eigenvalue weighted by Gasteiger charge is -2.35. The molecule has 2 saturated heterocycles. The summed E-state index contributed by atoms with van der Waals surface area (Å²) < 4.78 is 77.2. The van der Waals surface area contributed by atoms with Crippen LogP contribution in [0.25, 0.3) is 0 Å². The van der Waals surface area contributed by atoms with Crippen LogP contribution in [0.3, 0.4) is 0 Å². The summed E-state index contributed by atoms with van der Waals surface area (Å²) in [4.78, 5) is 20.4. The highest BCUT2D eigenvalue weighted by molar-refractivity contribution is 5.76. The van der Waals surface area contributed by atoms with Crippen molar-refractivity contribution in [3.05, 3.63) is 53.9 Å². The molecule has 0 spiro atoms. The van der Waals surface area contributed by atoms with Crippen molar-refractivity contribution in [2.45, 2.75) is 63.3 Å². The van der Waals surface area contributed by atoms with Gasteiger partial charge < -0.3 is 15.1 Å². The van der Waals surface area contributed by atoms with Crippen molar-refractivity contribution in [3.8, 4) is 0 Å². The second-order valence-electron chi connectivity index (χ2n) is 10.2. The lowest BCUT2D eigenvalue weighted by Crippen LogP contribution is -2.45. The highest BCUT2D eigenvalue weighted by Gasteiger charge is 2.32. The van der Waals surface area contributed by atoms with E-state index in [1.807, 2.05) is 0 Å². The van der Waals surface area contributed by atoms with Gasteiger partial charge in [-0.25, -0.2) is 0 Å². The molecule has 0 saturated carbocycles. The zero-order valence-electron chi connectivity index (χ0n) is 21.0. The number of carbonyl (C=O) groups excluding carboxylic acids is 1. The summed E-state index contributed by atoms with van der Waals surface area (Å²) in [6.07, 6.45) is -1.15. The van der Waals surface area contributed by atoms with Crippen molar-refractivity contribution in [3.63, 3.8) is 0 Å². The fraction of sp³-hybridized carbons (Fsp3) is 0.556. The molecule has 1 amide bonds. The average Bonchev–Trinajstić information content (AvgIpc) is 2.88. The van der Waals surface area contributed by atoms with Crippen LogP contribution in [-0.2, 0) is 17.1 Å². The number of aromatic nitrogens is 1. The van der Waals surface area contributed by atoms with E-state index in [0.29, 0.717) is 31.1 Å². The Labute approximate surface area is 218 Å². The summed E-state index contributed by atoms with van der Waals surface area (Å²) in [6, 6.07) is 6.18. The van der Waals surface area contributed by atoms with Gasteiger partial charge in [-0.3, -0.25) is 9.78 Å². The molecule has 2 aromatic rings. The fourth-order valence-electron chi connectivity index (χ4n) is 5.27. The van der Waals surface area contributed by atoms with E-state index < -0.39 is 23.5 Å². The summed E-state index contributed by atoms with van der Waals surface area (Å²) in [5.41, 5.74) is -0.372. The third kappa shape index (κ3) is 7.54. The standard InChI is InChI=1S/C27H32F6N4O/c28-26(29,30)20-6-8-24(9-7-20)36-13-10-19(11-14-36)3-1-5-25(38)37-12-2-4-22(18-37)35-23-15-21(16-34-17-23)27(31,32)33/h6-9,15-17,19,22,35H,1-5,10-14,18H2/t22-/m0/s1. The quantitative estimate of drug-likeness (QED) is 0.400. The molecule has 0 aliphatic carbocycles. The molecule has 2 aliphatic rings. The number of likely N-dealkylation sites (tertiary alicyclic amines) is 1. The van der Waals surface area contributed by atoms with Crippen LogP contribution in [0.2, 0.25) is 0 Å². The largest absolute Gasteiger partial charge is 0.417 e. The number of amides is 1. The summed E-state index contributed by atoms with van der Waals surface area (Å²) in [7, 11) is 0. The Morgan fingerprint density at radius 1 is 0.921 bits per heavy atom. The van der Waals surface area contributed by atoms with Crippen molar-refractivity contribution in [2.75, 3.05) is 36.4 Å². The van der Waals surface area contributed by atoms with Gasteiger partial charge in [-0.1, -0.05) is 0 Å². The van der Waals surface area contributed by atoms with Gasteiger partial charge in [-0.15, -0.1) is 0 Å². The molecule has 1 aromatic carbocycles. The zero-order valence-corrected chi connectivity index (χ0v) is 21.0. The number of hydrogen-bond donors (Lipinski definition) is 1. The zero-order chi connectivity index (χ0) is 27.3. The minimum Gasteiger partial charge on any atom is -0.379 e. The smallest absolute Gasteiger partial charge is 0.379 e. The van der Waals surface area contributed by atoms with E-state index in [1.165, 1.54) is 18.3 Å². The normalized spacial score (nSPS) is 19.5. The maximum atomic E-state index is 13.0. The number of benzene rings is 1. The number of nitrogens with zero attached hydrogens (tertiary/aromatic N) is 3. The molecule has 208 valence electrons. The van der Waals surface area contributed by atoms with E-state index in [9.17, 15) is 31.1 Å². The molecular weight excluding hydrogens is 510 g/mol. The first-order valence-corrected chi connectivity index (χ1v) is 13.0. The molecule has 38 heavy (non-hydrogen) atoms. The Morgan fingerprint density at radius 2 is 1.61 bits per heavy atom. The number of rotatable bonds is 7. The number of nitrogens with one attached hydrogen (secondary N) is 1. The highest BCUT2D eigenvalue weighted by Crippen LogP contribution is 2.33. The highest BCUT2D eigenvalue weighted by atomic mass is 19.4. The second kappa shape index (κ2) is 11.8. The van der Waals surface area contributed by atoms with Crippen LogP contribution in [0.5, 0.6) is 0 Å². The molecule has 1 aromatic heterocycles. The van der Waals surface area contributed by atoms with Gasteiger partial charge >= 0.3 is 12.4 Å². The number of alkyl halides is 6. The summed E-state index contributed by atoms with van der Waals surface area (Å²) >= 11 is 0. The SMILES string of the molecule is O=C(CCCC1CCN(c2ccc(C(F)(F)F)cc2)CC1)N1CCC[C@H](Nc2cncc(C(F)(F)F)c2)C1. The van der Waals surface area contributed by atoms with Gasteiger partial charge in [0.2, 0.25) is 5.91 Å². The minimum atomic E-state index is -4.46. The Morgan fingerprint density at radius 3 is 2.26 bits per heavy atom. The number of anilines is 2. The van der Waals surface area contributed by atoms with E-state index in [2.05, 4.69) is 15.2 Å². The lowest BCUT2D eigenvalue weighted by molar-refractivity contribution is -0.138. The summed E-state index contributed by atoms with van der Waals surface area (Å²) in [5, 5.41) is 3.10. The van der Waals surface area contributed by atoms with Gasteiger partial charge in [-0.05, 0) is 74.8 Å². The number of piperidine rings is 2. The molecule has 2 aliphatic heterocycles. The van der Waals surface area contributed by atoms with Crippen molar-refractivity contribution < 1.29 is 31.1 Å². The maximum Gasteiger partial charge on any atom is 0.417 e. The average molecular weight is 543 g/mol. The van der Waals surface area contributed by atoms with Gasteiger partial charge in [-0.2, -0.15) is 26.3 Å². The minimum absolute atomic E-state index is 0.0563. The predicted molar refractivity (Wildman–Crippen MR) is 133 cm³/mol. The maximum absolute atomic E-state index is 13.0. The van der Waals surface area contributed by atoms with Gasteiger partial charge in [0.1, 0.15) is 0 Å². The number of halogens is 6. The summed E-state index contributed by atoms with van der Waals surface area (Å²) in [6.45, 7) is 2.63. The molecule has 4 rings (SSSR count). The number of pyridine rings is 1. The third-order valence-electron chi connectivity index (χ3n) is 7.39. The van der Waals surface area contributed by atoms with E-state index in [4.69, 9.17) is 0 Å². The molecule has 1 N–H and O–H groups in total. The Hall–Kier alpha value is -2.98. The monoisotopic (exact) mass is 542 g/mol. The van der Waals surface area contributed by atoms with Gasteiger partial charge in [0.05, 0.1) is 16.8 Å². The van der Waals surface area contributed by atoms with Crippen LogP contribution in [0.15, 0.2) is 42.7 Å². The lowest BCUT2D eigenvalue weighted by atomic mass is 9.91. The molecular formula is C27H32F6N4O. The first-order chi connectivity index (χ1) is 18.0. The van der Waals surface area contributed by atoms with E-state index >= 15 is 0 Å². The first-order valence-electron chi connectivity index (χ1n) is 13.0. The van der Waals surface area contributed by atoms with Crippen LogP contribution >= 0.6 is 0 Å². The molecule has 0 radical (unpaired) electrons. The van der Waals surface area contributed by atoms with Gasteiger partial charge in [0.25, 0.3) is 0 Å². The van der Waals surface area contributed by atoms with Crippen LogP contribution in [0, 0.1) is 5.92 Å². The fourth-order valence-corrected chi connectivity index (χ4v) is 5.27. The van der Waals surface area contributed by atoms with Crippen molar-refractivity contribution >= 4 is 17.3 Å². The number of carbonyl (C=O) groups is 1. The van der Waals surface area contributed by atoms with Gasteiger partial charge in [0.15, 0.2) is 0 Å². The van der Waals surface area contributed by atoms with Crippen molar-refractivity contribution in [1.82, 2.24) is 9.88 Å². The molecule has 0 bridgehead atoms. The van der Waals surface area contributed by atoms with E-state index in [-0.39, 0.29) is 11.9 Å². The molecule has 11 heteroatoms. The molecule has 1 atom stereocenters. The Kier molecular flexibility index (Phi) is 8.72. The van der Waals surface area contributed by atoms with Crippen molar-refractivity contribution in [1.29, 1.82) is 0 Å². The second-order valence-corrected chi connectivity index (χ2v) is 10.2. The van der Waals surface area contributed by atoms with Gasteiger partial charge in [0, 0.05) is 56.7 Å². The van der Waals surface area contributed by atoms with Crippen LogP contribution in [-0.4, -0.2) is 48.0 Å². The molecule has 3 heterocycles. The van der Waals surface area contributed by atoms with E-state index in [0.717, 1.165) is 81.7 Å². The first kappa shape index (κ1) is 28.0. The van der Waals surface area contributed by atoms with Crippen LogP contribution in [0.1, 0.15) is 56.1 Å². The van der Waals surface area contributed by atoms with Crippen molar-refractivity contribution in [2.24, 2.45) is 5.92 Å².